The lowest BCUT2D eigenvalue weighted by atomic mass is 10.1. The maximum absolute atomic E-state index is 14.4. The van der Waals surface area contributed by atoms with Crippen molar-refractivity contribution < 1.29 is 28.2 Å². The molecule has 3 rings (SSSR count). The summed E-state index contributed by atoms with van der Waals surface area (Å²) in [6, 6.07) is 4.45. The summed E-state index contributed by atoms with van der Waals surface area (Å²) in [5.74, 6) is -1.40. The Morgan fingerprint density at radius 2 is 1.88 bits per heavy atom. The number of benzene rings is 1. The fraction of sp³-hybridized carbons (Fsp3) is 0.483. The number of aromatic nitrogens is 2. The second kappa shape index (κ2) is 15.2. The topological polar surface area (TPSA) is 133 Å². The van der Waals surface area contributed by atoms with Crippen molar-refractivity contribution in [2.75, 3.05) is 27.4 Å². The Bertz CT molecular complexity index is 1640. The van der Waals surface area contributed by atoms with Crippen molar-refractivity contribution in [3.8, 4) is 11.8 Å². The Labute approximate surface area is 259 Å². The third kappa shape index (κ3) is 7.29. The van der Waals surface area contributed by atoms with Gasteiger partial charge in [0.05, 0.1) is 44.7 Å². The van der Waals surface area contributed by atoms with E-state index >= 15 is 0 Å². The van der Waals surface area contributed by atoms with Gasteiger partial charge < -0.3 is 19.1 Å². The number of amides is 1. The number of aryl methyl sites for hydroxylation is 1. The normalized spacial score (nSPS) is 12.4. The smallest absolute Gasteiger partial charge is 0.348 e. The highest BCUT2D eigenvalue weighted by Gasteiger charge is 2.31. The molecule has 0 aliphatic carbocycles. The van der Waals surface area contributed by atoms with E-state index in [9.17, 15) is 23.6 Å². The van der Waals surface area contributed by atoms with E-state index in [0.717, 1.165) is 15.9 Å². The summed E-state index contributed by atoms with van der Waals surface area (Å²) in [6.45, 7) is 8.12. The molecule has 2 atom stereocenters. The van der Waals surface area contributed by atoms with Crippen LogP contribution in [0.2, 0.25) is 0 Å². The summed E-state index contributed by atoms with van der Waals surface area (Å²) in [5.41, 5.74) is -0.954. The number of nitrogens with zero attached hydrogens (tertiary/aromatic N) is 4. The Morgan fingerprint density at radius 1 is 1.21 bits per heavy atom. The average Bonchev–Trinajstić information content (AvgIpc) is 3.30. The van der Waals surface area contributed by atoms with Crippen LogP contribution in [-0.4, -0.2) is 59.3 Å². The fourth-order valence-electron chi connectivity index (χ4n) is 4.53. The quantitative estimate of drug-likeness (QED) is 0.215. The summed E-state index contributed by atoms with van der Waals surface area (Å²) < 4.78 is 33.1. The van der Waals surface area contributed by atoms with Crippen LogP contribution in [-0.2, 0) is 20.8 Å². The molecule has 1 amide bonds. The number of hydrogen-bond donors (Lipinski definition) is 0. The number of hydrogen-bond acceptors (Lipinski definition) is 9. The van der Waals surface area contributed by atoms with Gasteiger partial charge in [-0.15, -0.1) is 11.3 Å². The SMILES string of the molecule is CCOC(=O)c1sc2c(c1C)c(=O)n([C@@H](C)C(=O)N(C)C(C)C)c(=O)n2C[C@H](OCCC#N)c1cc(F)ccc1OC.S. The Balaban J connectivity index is 0.00000645. The van der Waals surface area contributed by atoms with Crippen LogP contribution >= 0.6 is 24.8 Å². The van der Waals surface area contributed by atoms with Crippen LogP contribution < -0.4 is 16.0 Å². The first-order valence-electron chi connectivity index (χ1n) is 13.4. The average molecular weight is 637 g/mol. The van der Waals surface area contributed by atoms with E-state index < -0.39 is 41.1 Å². The van der Waals surface area contributed by atoms with Crippen LogP contribution in [0.15, 0.2) is 27.8 Å². The molecule has 2 heterocycles. The van der Waals surface area contributed by atoms with Gasteiger partial charge in [0.25, 0.3) is 5.56 Å². The van der Waals surface area contributed by atoms with Gasteiger partial charge in [-0.05, 0) is 58.4 Å². The molecule has 0 fully saturated rings. The molecule has 0 radical (unpaired) electrons. The summed E-state index contributed by atoms with van der Waals surface area (Å²) in [6.07, 6.45) is -0.982. The van der Waals surface area contributed by atoms with E-state index in [2.05, 4.69) is 0 Å². The first kappa shape index (κ1) is 35.5. The maximum Gasteiger partial charge on any atom is 0.348 e. The molecule has 14 heteroatoms. The van der Waals surface area contributed by atoms with Gasteiger partial charge in [-0.1, -0.05) is 0 Å². The standard InChI is InChI=1S/C29H35FN4O7S.H2S/c1-8-40-28(37)24-17(4)23-26(36)34(18(5)25(35)32(6)16(2)3)29(38)33(27(23)42-24)15-22(41-13-9-12-31)20-14-19(30)10-11-21(20)39-7;/h10-11,14,16,18,22H,8-9,13,15H2,1-7H3;1H2/t18-,22-;/m0./s1. The number of nitriles is 1. The molecule has 0 bridgehead atoms. The second-order valence-electron chi connectivity index (χ2n) is 9.90. The molecule has 0 spiro atoms. The monoisotopic (exact) mass is 636 g/mol. The third-order valence-electron chi connectivity index (χ3n) is 6.99. The first-order valence-corrected chi connectivity index (χ1v) is 14.2. The molecule has 0 aliphatic rings. The number of likely N-dealkylation sites (N-methyl/N-ethyl adjacent to an activating group) is 1. The number of halogens is 1. The van der Waals surface area contributed by atoms with Crippen molar-refractivity contribution in [2.24, 2.45) is 0 Å². The molecule has 2 aromatic heterocycles. The van der Waals surface area contributed by atoms with Gasteiger partial charge in [-0.3, -0.25) is 14.2 Å². The van der Waals surface area contributed by atoms with Crippen LogP contribution in [0, 0.1) is 24.1 Å². The van der Waals surface area contributed by atoms with Crippen LogP contribution in [0.25, 0.3) is 10.2 Å². The van der Waals surface area contributed by atoms with E-state index in [4.69, 9.17) is 19.5 Å². The van der Waals surface area contributed by atoms with Crippen molar-refractivity contribution in [1.82, 2.24) is 14.0 Å². The molecule has 43 heavy (non-hydrogen) atoms. The van der Waals surface area contributed by atoms with Crippen molar-refractivity contribution in [3.05, 3.63) is 60.9 Å². The van der Waals surface area contributed by atoms with Gasteiger partial charge in [-0.2, -0.15) is 18.8 Å². The number of thiophene rings is 1. The molecule has 0 aliphatic heterocycles. The fourth-order valence-corrected chi connectivity index (χ4v) is 5.72. The summed E-state index contributed by atoms with van der Waals surface area (Å²) in [7, 11) is 2.98. The molecule has 0 saturated heterocycles. The number of rotatable bonds is 12. The lowest BCUT2D eigenvalue weighted by molar-refractivity contribution is -0.134. The maximum atomic E-state index is 14.4. The minimum absolute atomic E-state index is 0. The number of esters is 1. The lowest BCUT2D eigenvalue weighted by Gasteiger charge is -2.27. The molecule has 3 aromatic rings. The summed E-state index contributed by atoms with van der Waals surface area (Å²) in [4.78, 5) is 55.8. The zero-order valence-electron chi connectivity index (χ0n) is 25.2. The molecule has 0 N–H and O–H groups in total. The van der Waals surface area contributed by atoms with Crippen molar-refractivity contribution >= 4 is 46.9 Å². The van der Waals surface area contributed by atoms with Crippen LogP contribution in [0.1, 0.15) is 67.1 Å². The largest absolute Gasteiger partial charge is 0.496 e. The van der Waals surface area contributed by atoms with E-state index in [-0.39, 0.29) is 72.1 Å². The Kier molecular flexibility index (Phi) is 12.5. The second-order valence-corrected chi connectivity index (χ2v) is 10.9. The van der Waals surface area contributed by atoms with Gasteiger partial charge >= 0.3 is 11.7 Å². The molecular weight excluding hydrogens is 599 g/mol. The number of carbonyl (C=O) groups is 2. The third-order valence-corrected chi connectivity index (χ3v) is 8.29. The number of carbonyl (C=O) groups excluding carboxylic acids is 2. The number of fused-ring (bicyclic) bond motifs is 1. The molecular formula is C29H37FN4O7S2. The Hall–Kier alpha value is -3.67. The number of ether oxygens (including phenoxy) is 3. The highest BCUT2D eigenvalue weighted by Crippen LogP contribution is 2.33. The van der Waals surface area contributed by atoms with E-state index in [1.165, 1.54) is 41.7 Å². The Morgan fingerprint density at radius 3 is 2.47 bits per heavy atom. The van der Waals surface area contributed by atoms with E-state index in [0.29, 0.717) is 5.56 Å². The van der Waals surface area contributed by atoms with E-state index in [1.807, 2.05) is 6.07 Å². The predicted octanol–water partition coefficient (Wildman–Crippen LogP) is 4.07. The van der Waals surface area contributed by atoms with Gasteiger partial charge in [0.15, 0.2) is 0 Å². The first-order chi connectivity index (χ1) is 19.9. The summed E-state index contributed by atoms with van der Waals surface area (Å²) in [5, 5.41) is 9.16. The molecule has 1 aromatic carbocycles. The van der Waals surface area contributed by atoms with Gasteiger partial charge in [0.2, 0.25) is 5.91 Å². The van der Waals surface area contributed by atoms with Gasteiger partial charge in [-0.25, -0.2) is 18.5 Å². The van der Waals surface area contributed by atoms with Crippen molar-refractivity contribution in [3.63, 3.8) is 0 Å². The molecule has 0 unspecified atom stereocenters. The van der Waals surface area contributed by atoms with Crippen LogP contribution in [0.5, 0.6) is 5.75 Å². The lowest BCUT2D eigenvalue weighted by Crippen LogP contribution is -2.47. The highest BCUT2D eigenvalue weighted by molar-refractivity contribution is 7.59. The predicted molar refractivity (Wildman–Crippen MR) is 166 cm³/mol. The van der Waals surface area contributed by atoms with Crippen molar-refractivity contribution in [1.29, 1.82) is 5.26 Å². The van der Waals surface area contributed by atoms with Crippen LogP contribution in [0.4, 0.5) is 4.39 Å². The van der Waals surface area contributed by atoms with Gasteiger partial charge in [0.1, 0.15) is 33.4 Å². The minimum Gasteiger partial charge on any atom is -0.496 e. The summed E-state index contributed by atoms with van der Waals surface area (Å²) >= 11 is 0.912. The minimum atomic E-state index is -1.18. The zero-order valence-corrected chi connectivity index (χ0v) is 27.0. The van der Waals surface area contributed by atoms with Gasteiger partial charge in [0, 0.05) is 18.7 Å². The zero-order chi connectivity index (χ0) is 31.3. The van der Waals surface area contributed by atoms with Crippen LogP contribution in [0.3, 0.4) is 0 Å². The van der Waals surface area contributed by atoms with Crippen molar-refractivity contribution in [2.45, 2.75) is 65.8 Å². The number of methoxy groups -OCH3 is 1. The highest BCUT2D eigenvalue weighted by atomic mass is 32.1. The molecule has 0 saturated carbocycles. The molecule has 234 valence electrons. The molecule has 11 nitrogen and oxygen atoms in total. The van der Waals surface area contributed by atoms with E-state index in [1.54, 1.807) is 34.7 Å².